The Bertz CT molecular complexity index is 426. The maximum absolute atomic E-state index is 12.1. The molecule has 0 saturated carbocycles. The molecule has 0 bridgehead atoms. The molecule has 1 atom stereocenters. The first-order valence-corrected chi connectivity index (χ1v) is 6.38. The van der Waals surface area contributed by atoms with Gasteiger partial charge in [0.05, 0.1) is 12.6 Å². The highest BCUT2D eigenvalue weighted by Crippen LogP contribution is 2.06. The third-order valence-corrected chi connectivity index (χ3v) is 2.80. The summed E-state index contributed by atoms with van der Waals surface area (Å²) in [7, 11) is 0. The van der Waals surface area contributed by atoms with Crippen LogP contribution in [0.5, 0.6) is 0 Å². The van der Waals surface area contributed by atoms with E-state index in [1.807, 2.05) is 13.8 Å². The van der Waals surface area contributed by atoms with Gasteiger partial charge in [-0.25, -0.2) is 4.98 Å². The van der Waals surface area contributed by atoms with Crippen molar-refractivity contribution < 1.29 is 5.11 Å². The number of hydrogen-bond acceptors (Lipinski definition) is 4. The summed E-state index contributed by atoms with van der Waals surface area (Å²) in [6, 6.07) is -0.153. The predicted molar refractivity (Wildman–Crippen MR) is 72.7 cm³/mol. The lowest BCUT2D eigenvalue weighted by Crippen LogP contribution is -2.34. The fourth-order valence-electron chi connectivity index (χ4n) is 1.68. The third kappa shape index (κ3) is 3.84. The van der Waals surface area contributed by atoms with Gasteiger partial charge in [0.1, 0.15) is 0 Å². The molecule has 5 nitrogen and oxygen atoms in total. The van der Waals surface area contributed by atoms with Crippen LogP contribution in [0.25, 0.3) is 0 Å². The average Bonchev–Trinajstić information content (AvgIpc) is 2.29. The van der Waals surface area contributed by atoms with Gasteiger partial charge < -0.3 is 15.0 Å². The number of nitrogens with zero attached hydrogens (tertiary/aromatic N) is 2. The van der Waals surface area contributed by atoms with Gasteiger partial charge >= 0.3 is 0 Å². The molecule has 0 radical (unpaired) electrons. The summed E-state index contributed by atoms with van der Waals surface area (Å²) in [6.07, 6.45) is 3.30. The zero-order valence-electron chi connectivity index (χ0n) is 11.6. The van der Waals surface area contributed by atoms with E-state index in [0.717, 1.165) is 0 Å². The molecular formula is C13H23N3O2. The normalized spacial score (nSPS) is 13.1. The topological polar surface area (TPSA) is 67.2 Å². The molecule has 0 saturated heterocycles. The van der Waals surface area contributed by atoms with E-state index < -0.39 is 0 Å². The Kier molecular flexibility index (Phi) is 5.34. The van der Waals surface area contributed by atoms with E-state index >= 15 is 0 Å². The number of hydrogen-bond donors (Lipinski definition) is 2. The minimum Gasteiger partial charge on any atom is -0.394 e. The van der Waals surface area contributed by atoms with Crippen molar-refractivity contribution in [2.24, 2.45) is 11.8 Å². The summed E-state index contributed by atoms with van der Waals surface area (Å²) in [5, 5.41) is 12.3. The van der Waals surface area contributed by atoms with Crippen molar-refractivity contribution >= 4 is 5.82 Å². The highest BCUT2D eigenvalue weighted by atomic mass is 16.3. The minimum absolute atomic E-state index is 0.0160. The van der Waals surface area contributed by atoms with Gasteiger partial charge in [0.25, 0.3) is 5.56 Å². The maximum Gasteiger partial charge on any atom is 0.293 e. The van der Waals surface area contributed by atoms with E-state index in [4.69, 9.17) is 0 Å². The molecule has 0 aliphatic rings. The van der Waals surface area contributed by atoms with Gasteiger partial charge in [-0.15, -0.1) is 0 Å². The van der Waals surface area contributed by atoms with Crippen molar-refractivity contribution in [3.05, 3.63) is 22.7 Å². The molecule has 5 heteroatoms. The summed E-state index contributed by atoms with van der Waals surface area (Å²) < 4.78 is 1.65. The van der Waals surface area contributed by atoms with E-state index in [-0.39, 0.29) is 24.1 Å². The van der Waals surface area contributed by atoms with Crippen LogP contribution in [-0.4, -0.2) is 27.3 Å². The molecule has 0 fully saturated rings. The molecule has 0 spiro atoms. The molecule has 0 aliphatic carbocycles. The summed E-state index contributed by atoms with van der Waals surface area (Å²) in [5.74, 6) is 0.942. The van der Waals surface area contributed by atoms with Crippen molar-refractivity contribution in [2.75, 3.05) is 11.9 Å². The van der Waals surface area contributed by atoms with Crippen LogP contribution in [0.2, 0.25) is 0 Å². The van der Waals surface area contributed by atoms with Gasteiger partial charge in [-0.1, -0.05) is 27.7 Å². The van der Waals surface area contributed by atoms with E-state index in [2.05, 4.69) is 24.1 Å². The minimum atomic E-state index is -0.153. The molecule has 1 heterocycles. The van der Waals surface area contributed by atoms with E-state index in [1.165, 1.54) is 0 Å². The Hall–Kier alpha value is -1.36. The number of rotatable bonds is 6. The zero-order valence-corrected chi connectivity index (χ0v) is 11.6. The number of aliphatic hydroxyl groups is 1. The average molecular weight is 253 g/mol. The van der Waals surface area contributed by atoms with E-state index in [0.29, 0.717) is 18.3 Å². The molecule has 18 heavy (non-hydrogen) atoms. The van der Waals surface area contributed by atoms with Crippen LogP contribution in [0.1, 0.15) is 27.7 Å². The third-order valence-electron chi connectivity index (χ3n) is 2.80. The number of anilines is 1. The van der Waals surface area contributed by atoms with Crippen LogP contribution in [0.3, 0.4) is 0 Å². The summed E-state index contributed by atoms with van der Waals surface area (Å²) in [6.45, 7) is 8.75. The number of aliphatic hydroxyl groups excluding tert-OH is 1. The largest absolute Gasteiger partial charge is 0.394 e. The monoisotopic (exact) mass is 253 g/mol. The molecule has 1 aromatic heterocycles. The Labute approximate surface area is 108 Å². The van der Waals surface area contributed by atoms with Crippen LogP contribution >= 0.6 is 0 Å². The number of nitrogens with one attached hydrogen (secondary N) is 1. The highest BCUT2D eigenvalue weighted by molar-refractivity contribution is 5.32. The van der Waals surface area contributed by atoms with Gasteiger partial charge in [-0.3, -0.25) is 4.79 Å². The second-order valence-electron chi connectivity index (χ2n) is 5.30. The van der Waals surface area contributed by atoms with Crippen molar-refractivity contribution in [1.29, 1.82) is 0 Å². The maximum atomic E-state index is 12.1. The summed E-state index contributed by atoms with van der Waals surface area (Å²) in [5.41, 5.74) is -0.134. The van der Waals surface area contributed by atoms with E-state index in [9.17, 15) is 9.90 Å². The van der Waals surface area contributed by atoms with Gasteiger partial charge in [0, 0.05) is 18.9 Å². The number of aromatic nitrogens is 2. The van der Waals surface area contributed by atoms with Gasteiger partial charge in [-0.05, 0) is 11.8 Å². The molecule has 102 valence electrons. The predicted octanol–water partition coefficient (Wildman–Crippen LogP) is 1.33. The van der Waals surface area contributed by atoms with Crippen LogP contribution in [0.4, 0.5) is 5.82 Å². The van der Waals surface area contributed by atoms with Crippen molar-refractivity contribution in [1.82, 2.24) is 9.55 Å². The molecular weight excluding hydrogens is 230 g/mol. The first-order valence-electron chi connectivity index (χ1n) is 6.38. The lowest BCUT2D eigenvalue weighted by molar-refractivity contribution is 0.249. The quantitative estimate of drug-likeness (QED) is 0.802. The van der Waals surface area contributed by atoms with Crippen molar-refractivity contribution in [3.63, 3.8) is 0 Å². The van der Waals surface area contributed by atoms with Gasteiger partial charge in [-0.2, -0.15) is 0 Å². The molecule has 0 unspecified atom stereocenters. The van der Waals surface area contributed by atoms with Gasteiger partial charge in [0.15, 0.2) is 5.82 Å². The molecule has 0 aromatic carbocycles. The second-order valence-corrected chi connectivity index (χ2v) is 5.30. The first-order chi connectivity index (χ1) is 8.45. The molecule has 1 rings (SSSR count). The fraction of sp³-hybridized carbons (Fsp3) is 0.692. The Morgan fingerprint density at radius 1 is 1.39 bits per heavy atom. The lowest BCUT2D eigenvalue weighted by Gasteiger charge is -2.20. The Morgan fingerprint density at radius 3 is 2.56 bits per heavy atom. The standard InChI is InChI=1S/C13H23N3O2/c1-9(2)7-16-6-5-14-12(13(16)18)15-11(8-17)10(3)4/h5-6,9-11,17H,7-8H2,1-4H3,(H,14,15)/t11-/m1/s1. The van der Waals surface area contributed by atoms with E-state index in [1.54, 1.807) is 17.0 Å². The smallest absolute Gasteiger partial charge is 0.293 e. The zero-order chi connectivity index (χ0) is 13.7. The van der Waals surface area contributed by atoms with Gasteiger partial charge in [0.2, 0.25) is 0 Å². The summed E-state index contributed by atoms with van der Waals surface area (Å²) in [4.78, 5) is 16.2. The molecule has 0 amide bonds. The molecule has 2 N–H and O–H groups in total. The SMILES string of the molecule is CC(C)Cn1ccnc(N[C@H](CO)C(C)C)c1=O. The lowest BCUT2D eigenvalue weighted by atomic mass is 10.1. The van der Waals surface area contributed by atoms with Crippen molar-refractivity contribution in [2.45, 2.75) is 40.3 Å². The summed E-state index contributed by atoms with van der Waals surface area (Å²) >= 11 is 0. The fourth-order valence-corrected chi connectivity index (χ4v) is 1.68. The van der Waals surface area contributed by atoms with Crippen LogP contribution in [-0.2, 0) is 6.54 Å². The highest BCUT2D eigenvalue weighted by Gasteiger charge is 2.15. The second kappa shape index (κ2) is 6.54. The van der Waals surface area contributed by atoms with Crippen molar-refractivity contribution in [3.8, 4) is 0 Å². The molecule has 0 aliphatic heterocycles. The first kappa shape index (κ1) is 14.7. The Morgan fingerprint density at radius 2 is 2.06 bits per heavy atom. The van der Waals surface area contributed by atoms with Crippen LogP contribution < -0.4 is 10.9 Å². The van der Waals surface area contributed by atoms with Crippen LogP contribution in [0.15, 0.2) is 17.2 Å². The van der Waals surface area contributed by atoms with Crippen LogP contribution in [0, 0.1) is 11.8 Å². The Balaban J connectivity index is 2.93. The molecule has 1 aromatic rings.